The molecule has 0 spiro atoms. The Bertz CT molecular complexity index is 821. The van der Waals surface area contributed by atoms with Crippen molar-refractivity contribution in [2.45, 2.75) is 12.3 Å². The molecule has 0 saturated carbocycles. The molecule has 0 aliphatic rings. The predicted molar refractivity (Wildman–Crippen MR) is 87.9 cm³/mol. The van der Waals surface area contributed by atoms with Crippen molar-refractivity contribution in [1.29, 1.82) is 0 Å². The highest BCUT2D eigenvalue weighted by Crippen LogP contribution is 2.24. The first-order chi connectivity index (χ1) is 10.6. The van der Waals surface area contributed by atoms with Crippen molar-refractivity contribution in [3.8, 4) is 11.3 Å². The maximum atomic E-state index is 12.1. The molecule has 22 heavy (non-hydrogen) atoms. The fourth-order valence-corrected chi connectivity index (χ4v) is 3.80. The van der Waals surface area contributed by atoms with Crippen LogP contribution in [0.15, 0.2) is 63.7 Å². The van der Waals surface area contributed by atoms with Crippen LogP contribution in [0.4, 0.5) is 0 Å². The van der Waals surface area contributed by atoms with Crippen LogP contribution in [0.25, 0.3) is 11.3 Å². The number of nitrogens with one attached hydrogen (secondary N) is 1. The summed E-state index contributed by atoms with van der Waals surface area (Å²) in [6, 6.07) is 14.7. The number of rotatable bonds is 6. The molecule has 6 heteroatoms. The maximum Gasteiger partial charge on any atom is 0.216 e. The summed E-state index contributed by atoms with van der Waals surface area (Å²) in [6.45, 7) is 0.152. The van der Waals surface area contributed by atoms with Crippen molar-refractivity contribution in [3.05, 3.63) is 70.6 Å². The molecule has 0 aliphatic carbocycles. The Kier molecular flexibility index (Phi) is 4.42. The molecule has 0 radical (unpaired) electrons. The van der Waals surface area contributed by atoms with Crippen LogP contribution in [0.2, 0.25) is 0 Å². The minimum absolute atomic E-state index is 0.0358. The molecule has 0 bridgehead atoms. The molecule has 0 aliphatic heterocycles. The molecule has 0 saturated heterocycles. The van der Waals surface area contributed by atoms with Crippen LogP contribution in [-0.2, 0) is 22.3 Å². The lowest BCUT2D eigenvalue weighted by Crippen LogP contribution is -2.24. The van der Waals surface area contributed by atoms with Gasteiger partial charge in [-0.3, -0.25) is 0 Å². The minimum Gasteiger partial charge on any atom is -0.460 e. The van der Waals surface area contributed by atoms with Crippen molar-refractivity contribution in [1.82, 2.24) is 4.72 Å². The van der Waals surface area contributed by atoms with Crippen molar-refractivity contribution >= 4 is 21.4 Å². The van der Waals surface area contributed by atoms with E-state index in [2.05, 4.69) is 4.72 Å². The summed E-state index contributed by atoms with van der Waals surface area (Å²) in [5.41, 5.74) is 1.76. The third-order valence-corrected chi connectivity index (χ3v) is 5.11. The summed E-state index contributed by atoms with van der Waals surface area (Å²) in [4.78, 5) is 0. The summed E-state index contributed by atoms with van der Waals surface area (Å²) in [5, 5.41) is 3.96. The van der Waals surface area contributed by atoms with Crippen LogP contribution in [0.1, 0.15) is 11.3 Å². The van der Waals surface area contributed by atoms with E-state index in [1.165, 1.54) is 0 Å². The smallest absolute Gasteiger partial charge is 0.216 e. The lowest BCUT2D eigenvalue weighted by Gasteiger charge is -2.05. The van der Waals surface area contributed by atoms with Gasteiger partial charge in [-0.1, -0.05) is 30.3 Å². The van der Waals surface area contributed by atoms with Gasteiger partial charge in [-0.25, -0.2) is 13.1 Å². The van der Waals surface area contributed by atoms with Gasteiger partial charge < -0.3 is 4.42 Å². The standard InChI is InChI=1S/C16H15NO3S2/c18-22(19,12-13-4-2-1-3-5-13)17-10-15-6-7-16(20-15)14-8-9-21-11-14/h1-9,11,17H,10,12H2. The van der Waals surface area contributed by atoms with Gasteiger partial charge in [-0.2, -0.15) is 11.3 Å². The second-order valence-corrected chi connectivity index (χ2v) is 7.43. The number of sulfonamides is 1. The molecule has 2 aromatic heterocycles. The topological polar surface area (TPSA) is 59.3 Å². The van der Waals surface area contributed by atoms with Crippen LogP contribution in [-0.4, -0.2) is 8.42 Å². The average molecular weight is 333 g/mol. The molecule has 3 rings (SSSR count). The molecule has 114 valence electrons. The van der Waals surface area contributed by atoms with Gasteiger partial charge in [0.2, 0.25) is 10.0 Å². The molecule has 0 unspecified atom stereocenters. The first kappa shape index (κ1) is 15.0. The second kappa shape index (κ2) is 6.48. The van der Waals surface area contributed by atoms with Gasteiger partial charge in [0, 0.05) is 10.9 Å². The van der Waals surface area contributed by atoms with Crippen molar-refractivity contribution < 1.29 is 12.8 Å². The Hall–Kier alpha value is -1.89. The summed E-state index contributed by atoms with van der Waals surface area (Å²) >= 11 is 1.59. The van der Waals surface area contributed by atoms with Gasteiger partial charge in [0.15, 0.2) is 0 Å². The summed E-state index contributed by atoms with van der Waals surface area (Å²) in [7, 11) is -3.39. The molecule has 1 N–H and O–H groups in total. The largest absolute Gasteiger partial charge is 0.460 e. The number of hydrogen-bond donors (Lipinski definition) is 1. The highest BCUT2D eigenvalue weighted by atomic mass is 32.2. The molecule has 0 atom stereocenters. The van der Waals surface area contributed by atoms with Gasteiger partial charge in [0.25, 0.3) is 0 Å². The molecule has 0 fully saturated rings. The van der Waals surface area contributed by atoms with E-state index in [0.29, 0.717) is 5.76 Å². The van der Waals surface area contributed by atoms with Gasteiger partial charge in [-0.05, 0) is 29.1 Å². The minimum atomic E-state index is -3.39. The third-order valence-electron chi connectivity index (χ3n) is 3.13. The van der Waals surface area contributed by atoms with Crippen molar-refractivity contribution in [3.63, 3.8) is 0 Å². The molecule has 3 aromatic rings. The molecule has 4 nitrogen and oxygen atoms in total. The Labute approximate surface area is 133 Å². The zero-order chi connectivity index (χ0) is 15.4. The van der Waals surface area contributed by atoms with Crippen LogP contribution in [0.3, 0.4) is 0 Å². The molecule has 0 amide bonds. The first-order valence-electron chi connectivity index (χ1n) is 6.75. The van der Waals surface area contributed by atoms with E-state index in [4.69, 9.17) is 4.42 Å². The summed E-state index contributed by atoms with van der Waals surface area (Å²) < 4.78 is 32.3. The zero-order valence-electron chi connectivity index (χ0n) is 11.7. The lowest BCUT2D eigenvalue weighted by molar-refractivity contribution is 0.509. The SMILES string of the molecule is O=S(=O)(Cc1ccccc1)NCc1ccc(-c2ccsc2)o1. The Balaban J connectivity index is 1.62. The zero-order valence-corrected chi connectivity index (χ0v) is 13.4. The number of hydrogen-bond acceptors (Lipinski definition) is 4. The number of furan rings is 1. The van der Waals surface area contributed by atoms with E-state index >= 15 is 0 Å². The van der Waals surface area contributed by atoms with Gasteiger partial charge in [0.05, 0.1) is 12.3 Å². The molecular weight excluding hydrogens is 318 g/mol. The van der Waals surface area contributed by atoms with E-state index in [1.54, 1.807) is 29.5 Å². The van der Waals surface area contributed by atoms with Gasteiger partial charge in [0.1, 0.15) is 11.5 Å². The number of thiophene rings is 1. The molecule has 2 heterocycles. The third kappa shape index (κ3) is 3.85. The van der Waals surface area contributed by atoms with E-state index in [0.717, 1.165) is 16.9 Å². The first-order valence-corrected chi connectivity index (χ1v) is 9.34. The van der Waals surface area contributed by atoms with E-state index < -0.39 is 10.0 Å². The van der Waals surface area contributed by atoms with Crippen LogP contribution in [0, 0.1) is 0 Å². The second-order valence-electron chi connectivity index (χ2n) is 4.84. The average Bonchev–Trinajstić information content (AvgIpc) is 3.17. The Morgan fingerprint density at radius 3 is 2.59 bits per heavy atom. The number of benzene rings is 1. The summed E-state index contributed by atoms with van der Waals surface area (Å²) in [6.07, 6.45) is 0. The fraction of sp³-hybridized carbons (Fsp3) is 0.125. The lowest BCUT2D eigenvalue weighted by atomic mass is 10.2. The quantitative estimate of drug-likeness (QED) is 0.749. The highest BCUT2D eigenvalue weighted by molar-refractivity contribution is 7.88. The molecular formula is C16H15NO3S2. The maximum absolute atomic E-state index is 12.1. The van der Waals surface area contributed by atoms with E-state index in [9.17, 15) is 8.42 Å². The summed E-state index contributed by atoms with van der Waals surface area (Å²) in [5.74, 6) is 1.31. The highest BCUT2D eigenvalue weighted by Gasteiger charge is 2.13. The predicted octanol–water partition coefficient (Wildman–Crippen LogP) is 3.63. The fourth-order valence-electron chi connectivity index (χ4n) is 2.06. The van der Waals surface area contributed by atoms with Gasteiger partial charge >= 0.3 is 0 Å². The van der Waals surface area contributed by atoms with Crippen molar-refractivity contribution in [2.24, 2.45) is 0 Å². The monoisotopic (exact) mass is 333 g/mol. The van der Waals surface area contributed by atoms with Gasteiger partial charge in [-0.15, -0.1) is 0 Å². The Morgan fingerprint density at radius 1 is 1.05 bits per heavy atom. The van der Waals surface area contributed by atoms with E-state index in [1.807, 2.05) is 41.1 Å². The van der Waals surface area contributed by atoms with E-state index in [-0.39, 0.29) is 12.3 Å². The molecule has 1 aromatic carbocycles. The Morgan fingerprint density at radius 2 is 1.86 bits per heavy atom. The van der Waals surface area contributed by atoms with Crippen molar-refractivity contribution in [2.75, 3.05) is 0 Å². The van der Waals surface area contributed by atoms with Crippen LogP contribution in [0.5, 0.6) is 0 Å². The van der Waals surface area contributed by atoms with Crippen LogP contribution < -0.4 is 4.72 Å². The normalized spacial score (nSPS) is 11.6. The van der Waals surface area contributed by atoms with Crippen LogP contribution >= 0.6 is 11.3 Å².